The highest BCUT2D eigenvalue weighted by atomic mass is 35.5. The minimum Gasteiger partial charge on any atom is -0.494 e. The first kappa shape index (κ1) is 28.0. The number of hydrogen-bond acceptors (Lipinski definition) is 7. The van der Waals surface area contributed by atoms with E-state index in [2.05, 4.69) is 20.9 Å². The van der Waals surface area contributed by atoms with Gasteiger partial charge in [-0.15, -0.1) is 0 Å². The molecule has 1 aliphatic heterocycles. The van der Waals surface area contributed by atoms with E-state index in [4.69, 9.17) is 31.1 Å². The molecule has 1 aromatic carbocycles. The van der Waals surface area contributed by atoms with Gasteiger partial charge in [-0.3, -0.25) is 10.3 Å². The van der Waals surface area contributed by atoms with Crippen LogP contribution < -0.4 is 25.3 Å². The average Bonchev–Trinajstić information content (AvgIpc) is 2.91. The van der Waals surface area contributed by atoms with Crippen LogP contribution in [0, 0.1) is 11.5 Å². The summed E-state index contributed by atoms with van der Waals surface area (Å²) in [6.45, 7) is 2.98. The molecule has 0 aliphatic carbocycles. The number of unbranched alkanes of at least 4 members (excludes halogenated alkanes) is 3. The van der Waals surface area contributed by atoms with E-state index < -0.39 is 6.16 Å². The maximum absolute atomic E-state index is 11.9. The van der Waals surface area contributed by atoms with Crippen LogP contribution in [0.15, 0.2) is 53.8 Å². The molecule has 0 unspecified atom stereocenters. The number of nitriles is 1. The van der Waals surface area contributed by atoms with Gasteiger partial charge in [0.15, 0.2) is 18.6 Å². The van der Waals surface area contributed by atoms with Crippen LogP contribution in [-0.4, -0.2) is 44.5 Å². The summed E-state index contributed by atoms with van der Waals surface area (Å²) >= 11 is 5.87. The molecule has 198 valence electrons. The molecule has 1 saturated heterocycles. The highest BCUT2D eigenvalue weighted by Gasteiger charge is 2.19. The van der Waals surface area contributed by atoms with Gasteiger partial charge in [-0.2, -0.15) is 9.83 Å². The van der Waals surface area contributed by atoms with Gasteiger partial charge < -0.3 is 24.8 Å². The molecule has 0 atom stereocenters. The van der Waals surface area contributed by atoms with Crippen LogP contribution in [0.4, 0.5) is 10.5 Å². The van der Waals surface area contributed by atoms with E-state index in [1.807, 2.05) is 30.5 Å². The van der Waals surface area contributed by atoms with Gasteiger partial charge in [0.2, 0.25) is 5.96 Å². The Kier molecular flexibility index (Phi) is 12.3. The van der Waals surface area contributed by atoms with Crippen LogP contribution in [0.3, 0.4) is 0 Å². The van der Waals surface area contributed by atoms with Crippen molar-refractivity contribution in [3.63, 3.8) is 0 Å². The van der Waals surface area contributed by atoms with Crippen molar-refractivity contribution in [2.24, 2.45) is 4.99 Å². The zero-order chi connectivity index (χ0) is 26.1. The number of nitrogens with one attached hydrogen (secondary N) is 3. The zero-order valence-corrected chi connectivity index (χ0v) is 21.6. The lowest BCUT2D eigenvalue weighted by atomic mass is 10.1. The molecule has 3 N–H and O–H groups in total. The number of rotatable bonds is 12. The summed E-state index contributed by atoms with van der Waals surface area (Å²) in [6.07, 6.45) is 10.2. The summed E-state index contributed by atoms with van der Waals surface area (Å²) in [4.78, 5) is 16.3. The lowest BCUT2D eigenvalue weighted by molar-refractivity contribution is -0.727. The lowest BCUT2D eigenvalue weighted by Gasteiger charge is -2.21. The van der Waals surface area contributed by atoms with E-state index in [0.29, 0.717) is 24.1 Å². The summed E-state index contributed by atoms with van der Waals surface area (Å²) in [5.41, 5.74) is 0.745. The smallest absolute Gasteiger partial charge is 0.494 e. The maximum Gasteiger partial charge on any atom is 0.513 e. The van der Waals surface area contributed by atoms with Gasteiger partial charge in [-0.25, -0.2) is 4.79 Å². The molecule has 1 fully saturated rings. The van der Waals surface area contributed by atoms with Crippen molar-refractivity contribution < 1.29 is 23.6 Å². The SMILES string of the molecule is N#CN/C(=N/CCCCCCOc1ccc(Cl)cc1)Nc1cc[n+](COC(=O)OC2CCNCC2)cc1. The fourth-order valence-electron chi connectivity index (χ4n) is 3.62. The number of aliphatic imine (C=N–C) groups is 1. The number of nitrogens with zero attached hydrogens (tertiary/aromatic N) is 3. The van der Waals surface area contributed by atoms with Gasteiger partial charge in [-0.1, -0.05) is 18.0 Å². The quantitative estimate of drug-likeness (QED) is 0.0718. The van der Waals surface area contributed by atoms with Gasteiger partial charge in [0.25, 0.3) is 6.73 Å². The number of piperidine rings is 1. The summed E-state index contributed by atoms with van der Waals surface area (Å²) < 4.78 is 17.9. The van der Waals surface area contributed by atoms with E-state index >= 15 is 0 Å². The molecule has 37 heavy (non-hydrogen) atoms. The first-order valence-electron chi connectivity index (χ1n) is 12.5. The molecule has 0 spiro atoms. The number of halogens is 1. The Hall–Kier alpha value is -3.55. The van der Waals surface area contributed by atoms with Crippen molar-refractivity contribution in [1.82, 2.24) is 10.6 Å². The Labute approximate surface area is 222 Å². The van der Waals surface area contributed by atoms with Gasteiger partial charge in [0.1, 0.15) is 11.9 Å². The molecule has 0 radical (unpaired) electrons. The summed E-state index contributed by atoms with van der Waals surface area (Å²) in [5, 5.41) is 18.6. The highest BCUT2D eigenvalue weighted by Crippen LogP contribution is 2.16. The molecule has 10 nitrogen and oxygen atoms in total. The van der Waals surface area contributed by atoms with E-state index in [0.717, 1.165) is 63.1 Å². The molecule has 3 rings (SSSR count). The number of aromatic nitrogens is 1. The van der Waals surface area contributed by atoms with Gasteiger partial charge in [0.05, 0.1) is 12.3 Å². The van der Waals surface area contributed by atoms with Gasteiger partial charge >= 0.3 is 6.16 Å². The Bertz CT molecular complexity index is 1020. The van der Waals surface area contributed by atoms with Crippen LogP contribution in [0.25, 0.3) is 0 Å². The number of hydrogen-bond donors (Lipinski definition) is 3. The number of carbonyl (C=O) groups excluding carboxylic acids is 1. The number of anilines is 1. The molecular formula is C26H34ClN6O4+. The molecular weight excluding hydrogens is 496 g/mol. The highest BCUT2D eigenvalue weighted by molar-refractivity contribution is 6.30. The Morgan fingerprint density at radius 2 is 1.84 bits per heavy atom. The van der Waals surface area contributed by atoms with E-state index in [9.17, 15) is 4.79 Å². The molecule has 1 aliphatic rings. The lowest BCUT2D eigenvalue weighted by Crippen LogP contribution is -2.37. The van der Waals surface area contributed by atoms with Crippen molar-refractivity contribution in [2.45, 2.75) is 51.4 Å². The predicted octanol–water partition coefficient (Wildman–Crippen LogP) is 3.97. The standard InChI is InChI=1S/C26H33ClN6O4/c27-21-5-7-23(8-6-21)35-18-4-2-1-3-13-30-25(31-19-28)32-22-11-16-33(17-12-22)20-36-26(34)37-24-9-14-29-15-10-24/h5-8,11-12,16-17,24,29H,1-4,9-10,13-15,18,20H2,(H,30,31)/p+1. The normalized spacial score (nSPS) is 13.9. The first-order chi connectivity index (χ1) is 18.1. The van der Waals surface area contributed by atoms with Gasteiger partial charge in [-0.05, 0) is 69.5 Å². The average molecular weight is 530 g/mol. The predicted molar refractivity (Wildman–Crippen MR) is 140 cm³/mol. The molecule has 2 heterocycles. The molecule has 1 aromatic heterocycles. The van der Waals surface area contributed by atoms with E-state index in [-0.39, 0.29) is 12.8 Å². The number of guanidine groups is 1. The fourth-order valence-corrected chi connectivity index (χ4v) is 3.74. The van der Waals surface area contributed by atoms with Crippen LogP contribution in [0.2, 0.25) is 5.02 Å². The third kappa shape index (κ3) is 11.4. The van der Waals surface area contributed by atoms with Gasteiger partial charge in [0, 0.05) is 23.7 Å². The van der Waals surface area contributed by atoms with Crippen LogP contribution in [0.5, 0.6) is 5.75 Å². The molecule has 2 aromatic rings. The maximum atomic E-state index is 11.9. The largest absolute Gasteiger partial charge is 0.513 e. The topological polar surface area (TPSA) is 121 Å². The zero-order valence-electron chi connectivity index (χ0n) is 20.8. The van der Waals surface area contributed by atoms with Crippen molar-refractivity contribution in [2.75, 3.05) is 31.6 Å². The van der Waals surface area contributed by atoms with E-state index in [1.54, 1.807) is 29.1 Å². The first-order valence-corrected chi connectivity index (χ1v) is 12.9. The van der Waals surface area contributed by atoms with Crippen molar-refractivity contribution >= 4 is 29.4 Å². The van der Waals surface area contributed by atoms with Crippen LogP contribution in [-0.2, 0) is 16.2 Å². The second kappa shape index (κ2) is 16.2. The van der Waals surface area contributed by atoms with Crippen LogP contribution >= 0.6 is 11.6 Å². The minimum atomic E-state index is -0.664. The number of pyridine rings is 1. The fraction of sp³-hybridized carbons (Fsp3) is 0.462. The summed E-state index contributed by atoms with van der Waals surface area (Å²) in [6, 6.07) is 11.0. The summed E-state index contributed by atoms with van der Waals surface area (Å²) in [7, 11) is 0. The number of carbonyl (C=O) groups is 1. The second-order valence-electron chi connectivity index (χ2n) is 8.50. The van der Waals surface area contributed by atoms with Crippen molar-refractivity contribution in [1.29, 1.82) is 5.26 Å². The van der Waals surface area contributed by atoms with Crippen molar-refractivity contribution in [3.8, 4) is 11.9 Å². The van der Waals surface area contributed by atoms with E-state index in [1.165, 1.54) is 0 Å². The van der Waals surface area contributed by atoms with Crippen LogP contribution in [0.1, 0.15) is 38.5 Å². The number of benzene rings is 1. The third-order valence-corrected chi connectivity index (χ3v) is 5.87. The third-order valence-electron chi connectivity index (χ3n) is 5.61. The summed E-state index contributed by atoms with van der Waals surface area (Å²) in [5.74, 6) is 1.20. The second-order valence-corrected chi connectivity index (χ2v) is 8.94. The minimum absolute atomic E-state index is 0.0478. The Morgan fingerprint density at radius 3 is 2.57 bits per heavy atom. The molecule has 0 amide bonds. The molecule has 0 bridgehead atoms. The van der Waals surface area contributed by atoms with Crippen molar-refractivity contribution in [3.05, 3.63) is 53.8 Å². The Balaban J connectivity index is 1.31. The monoisotopic (exact) mass is 529 g/mol. The molecule has 0 saturated carbocycles. The molecule has 11 heteroatoms. The number of ether oxygens (including phenoxy) is 3. The Morgan fingerprint density at radius 1 is 1.11 bits per heavy atom.